The molecule has 0 aliphatic carbocycles. The van der Waals surface area contributed by atoms with Gasteiger partial charge < -0.3 is 9.64 Å². The van der Waals surface area contributed by atoms with Gasteiger partial charge in [0, 0.05) is 23.9 Å². The highest BCUT2D eigenvalue weighted by Gasteiger charge is 2.56. The molecular formula is C28H27N3O5S2. The summed E-state index contributed by atoms with van der Waals surface area (Å²) in [5, 5.41) is -0.0779. The molecule has 0 saturated carbocycles. The van der Waals surface area contributed by atoms with Gasteiger partial charge in [-0.25, -0.2) is 4.90 Å². The predicted molar refractivity (Wildman–Crippen MR) is 146 cm³/mol. The molecule has 2 saturated heterocycles. The second-order valence-electron chi connectivity index (χ2n) is 9.73. The van der Waals surface area contributed by atoms with Crippen LogP contribution in [0.4, 0.5) is 5.69 Å². The van der Waals surface area contributed by atoms with E-state index in [1.807, 2.05) is 35.2 Å². The standard InChI is InChI=1S/C28H27N3O5S2/c1-36-19-12-10-18(11-13-19)31-25(33)22-21(17-8-4-2-5-9-17)24-27(37-23(22)26(31)34)30(28(35)38-24)16-20(32)29-14-6-3-7-15-29/h2,4-5,8-13,21-23H,3,6-7,14-16H2,1H3/t21-,22?,23?/m1/s1. The SMILES string of the molecule is COc1ccc(N2C(=O)C3Sc4c(sc(=O)n4CC(=O)N4CCCCC4)[C@H](c4ccccc4)C3C2=O)cc1. The van der Waals surface area contributed by atoms with Crippen LogP contribution in [-0.4, -0.2) is 52.6 Å². The number of thiazole rings is 1. The summed E-state index contributed by atoms with van der Waals surface area (Å²) in [7, 11) is 1.56. The van der Waals surface area contributed by atoms with E-state index >= 15 is 0 Å². The van der Waals surface area contributed by atoms with E-state index in [1.54, 1.807) is 31.4 Å². The predicted octanol–water partition coefficient (Wildman–Crippen LogP) is 3.73. The van der Waals surface area contributed by atoms with Crippen molar-refractivity contribution in [3.63, 3.8) is 0 Å². The van der Waals surface area contributed by atoms with Crippen molar-refractivity contribution in [3.8, 4) is 5.75 Å². The molecule has 3 atom stereocenters. The molecule has 38 heavy (non-hydrogen) atoms. The van der Waals surface area contributed by atoms with Gasteiger partial charge in [-0.05, 0) is 49.1 Å². The normalized spacial score (nSPS) is 22.8. The number of likely N-dealkylation sites (tertiary alicyclic amines) is 1. The summed E-state index contributed by atoms with van der Waals surface area (Å²) in [5.41, 5.74) is 1.36. The molecular weight excluding hydrogens is 522 g/mol. The molecule has 2 aromatic carbocycles. The average molecular weight is 550 g/mol. The Balaban J connectivity index is 1.41. The van der Waals surface area contributed by atoms with Gasteiger partial charge in [-0.3, -0.25) is 23.7 Å². The third-order valence-corrected chi connectivity index (χ3v) is 10.1. The van der Waals surface area contributed by atoms with E-state index in [0.29, 0.717) is 29.6 Å². The molecule has 0 radical (unpaired) electrons. The van der Waals surface area contributed by atoms with E-state index in [-0.39, 0.29) is 29.1 Å². The first-order chi connectivity index (χ1) is 18.5. The topological polar surface area (TPSA) is 88.9 Å². The van der Waals surface area contributed by atoms with Crippen LogP contribution in [0.5, 0.6) is 5.75 Å². The Labute approximate surface area is 228 Å². The van der Waals surface area contributed by atoms with Crippen LogP contribution in [0, 0.1) is 5.92 Å². The van der Waals surface area contributed by atoms with E-state index in [9.17, 15) is 19.2 Å². The smallest absolute Gasteiger partial charge is 0.308 e. The van der Waals surface area contributed by atoms with Gasteiger partial charge in [0.25, 0.3) is 0 Å². The number of carbonyl (C=O) groups excluding carboxylic acids is 3. The molecule has 0 bridgehead atoms. The van der Waals surface area contributed by atoms with Crippen molar-refractivity contribution in [2.75, 3.05) is 25.1 Å². The van der Waals surface area contributed by atoms with Crippen LogP contribution in [0.3, 0.4) is 0 Å². The lowest BCUT2D eigenvalue weighted by Gasteiger charge is -2.31. The summed E-state index contributed by atoms with van der Waals surface area (Å²) >= 11 is 2.33. The van der Waals surface area contributed by atoms with Gasteiger partial charge >= 0.3 is 4.87 Å². The minimum atomic E-state index is -0.701. The lowest BCUT2D eigenvalue weighted by atomic mass is 9.83. The number of imide groups is 1. The van der Waals surface area contributed by atoms with Crippen LogP contribution in [0.2, 0.25) is 0 Å². The second-order valence-corrected chi connectivity index (χ2v) is 11.9. The zero-order chi connectivity index (χ0) is 26.4. The molecule has 2 unspecified atom stereocenters. The number of carbonyl (C=O) groups is 3. The van der Waals surface area contributed by atoms with Crippen LogP contribution >= 0.6 is 23.1 Å². The number of hydrogen-bond donors (Lipinski definition) is 0. The molecule has 3 aliphatic heterocycles. The fourth-order valence-electron chi connectivity index (χ4n) is 5.64. The van der Waals surface area contributed by atoms with Gasteiger partial charge in [-0.15, -0.1) is 0 Å². The first-order valence-corrected chi connectivity index (χ1v) is 14.4. The third kappa shape index (κ3) is 4.16. The molecule has 1 aromatic heterocycles. The lowest BCUT2D eigenvalue weighted by molar-refractivity contribution is -0.133. The molecule has 3 aliphatic rings. The summed E-state index contributed by atoms with van der Waals surface area (Å²) in [6.45, 7) is 1.35. The van der Waals surface area contributed by atoms with E-state index < -0.39 is 17.1 Å². The number of rotatable bonds is 5. The number of thioether (sulfide) groups is 1. The largest absolute Gasteiger partial charge is 0.497 e. The monoisotopic (exact) mass is 549 g/mol. The van der Waals surface area contributed by atoms with Crippen LogP contribution in [0.15, 0.2) is 64.4 Å². The maximum atomic E-state index is 13.9. The highest BCUT2D eigenvalue weighted by atomic mass is 32.2. The fourth-order valence-corrected chi connectivity index (χ4v) is 8.41. The van der Waals surface area contributed by atoms with Crippen LogP contribution in [-0.2, 0) is 20.9 Å². The Morgan fingerprint density at radius 3 is 2.34 bits per heavy atom. The Morgan fingerprint density at radius 1 is 0.947 bits per heavy atom. The van der Waals surface area contributed by atoms with E-state index in [0.717, 1.165) is 41.0 Å². The van der Waals surface area contributed by atoms with Crippen molar-refractivity contribution in [3.05, 3.63) is 74.7 Å². The summed E-state index contributed by atoms with van der Waals surface area (Å²) in [4.78, 5) is 57.6. The van der Waals surface area contributed by atoms with Crippen molar-refractivity contribution < 1.29 is 19.1 Å². The number of benzene rings is 2. The summed E-state index contributed by atoms with van der Waals surface area (Å²) in [6, 6.07) is 16.4. The van der Waals surface area contributed by atoms with Crippen molar-refractivity contribution in [1.82, 2.24) is 9.47 Å². The summed E-state index contributed by atoms with van der Waals surface area (Å²) < 4.78 is 6.75. The summed E-state index contributed by atoms with van der Waals surface area (Å²) in [5.74, 6) is -1.16. The molecule has 0 N–H and O–H groups in total. The Kier molecular flexibility index (Phi) is 6.61. The van der Waals surface area contributed by atoms with E-state index in [1.165, 1.54) is 21.2 Å². The molecule has 8 nitrogen and oxygen atoms in total. The maximum absolute atomic E-state index is 13.9. The maximum Gasteiger partial charge on any atom is 0.308 e. The molecule has 4 heterocycles. The van der Waals surface area contributed by atoms with Crippen LogP contribution < -0.4 is 14.5 Å². The van der Waals surface area contributed by atoms with Crippen molar-refractivity contribution in [1.29, 1.82) is 0 Å². The number of aromatic nitrogens is 1. The molecule has 2 fully saturated rings. The van der Waals surface area contributed by atoms with Gasteiger partial charge in [-0.2, -0.15) is 0 Å². The number of fused-ring (bicyclic) bond motifs is 2. The third-order valence-electron chi connectivity index (χ3n) is 7.54. The van der Waals surface area contributed by atoms with E-state index in [4.69, 9.17) is 4.74 Å². The zero-order valence-corrected chi connectivity index (χ0v) is 22.5. The Bertz CT molecular complexity index is 1440. The van der Waals surface area contributed by atoms with Gasteiger partial charge in [0.1, 0.15) is 17.5 Å². The number of piperidine rings is 1. The number of ether oxygens (including phenoxy) is 1. The number of hydrogen-bond acceptors (Lipinski definition) is 7. The second kappa shape index (κ2) is 10.1. The molecule has 3 amide bonds. The first-order valence-electron chi connectivity index (χ1n) is 12.7. The van der Waals surface area contributed by atoms with Crippen molar-refractivity contribution in [2.24, 2.45) is 5.92 Å². The van der Waals surface area contributed by atoms with Gasteiger partial charge in [0.2, 0.25) is 17.7 Å². The summed E-state index contributed by atoms with van der Waals surface area (Å²) in [6.07, 6.45) is 3.04. The molecule has 0 spiro atoms. The van der Waals surface area contributed by atoms with Crippen LogP contribution in [0.1, 0.15) is 35.6 Å². The first kappa shape index (κ1) is 24.9. The van der Waals surface area contributed by atoms with Gasteiger partial charge in [0.05, 0.1) is 23.7 Å². The zero-order valence-electron chi connectivity index (χ0n) is 20.9. The lowest BCUT2D eigenvalue weighted by Crippen LogP contribution is -2.39. The van der Waals surface area contributed by atoms with E-state index in [2.05, 4.69) is 0 Å². The molecule has 3 aromatic rings. The van der Waals surface area contributed by atoms with Crippen molar-refractivity contribution in [2.45, 2.75) is 42.0 Å². The fraction of sp³-hybridized carbons (Fsp3) is 0.357. The number of methoxy groups -OCH3 is 1. The molecule has 10 heteroatoms. The minimum absolute atomic E-state index is 0.0547. The van der Waals surface area contributed by atoms with Gasteiger partial charge in [0.15, 0.2) is 0 Å². The number of nitrogens with zero attached hydrogens (tertiary/aromatic N) is 3. The average Bonchev–Trinajstić information content (AvgIpc) is 3.40. The van der Waals surface area contributed by atoms with Crippen LogP contribution in [0.25, 0.3) is 0 Å². The molecule has 6 rings (SSSR count). The number of anilines is 1. The Morgan fingerprint density at radius 2 is 1.66 bits per heavy atom. The molecule has 196 valence electrons. The van der Waals surface area contributed by atoms with Gasteiger partial charge in [-0.1, -0.05) is 53.4 Å². The number of amides is 3. The highest BCUT2D eigenvalue weighted by molar-refractivity contribution is 8.00. The quantitative estimate of drug-likeness (QED) is 0.451. The minimum Gasteiger partial charge on any atom is -0.497 e. The Hall–Kier alpha value is -3.37. The van der Waals surface area contributed by atoms with Crippen molar-refractivity contribution >= 4 is 46.5 Å². The highest BCUT2D eigenvalue weighted by Crippen LogP contribution is 2.53.